The molecule has 4 bridgehead atoms. The average Bonchev–Trinajstić information content (AvgIpc) is 2.88. The molecule has 7 heteroatoms. The van der Waals surface area contributed by atoms with Crippen molar-refractivity contribution in [3.63, 3.8) is 0 Å². The van der Waals surface area contributed by atoms with Crippen molar-refractivity contribution in [2.45, 2.75) is 49.7 Å². The number of aromatic nitrogens is 3. The smallest absolute Gasteiger partial charge is 0.299 e. The molecule has 1 heterocycles. The van der Waals surface area contributed by atoms with Crippen LogP contribution in [0.1, 0.15) is 38.5 Å². The normalized spacial score (nSPS) is 38.3. The topological polar surface area (TPSA) is 94.1 Å². The Labute approximate surface area is 132 Å². The van der Waals surface area contributed by atoms with Gasteiger partial charge in [0.1, 0.15) is 0 Å². The highest BCUT2D eigenvalue weighted by Crippen LogP contribution is 2.60. The molecule has 0 amide bonds. The van der Waals surface area contributed by atoms with Crippen LogP contribution in [0, 0.1) is 22.0 Å². The number of fused-ring (bicyclic) bond motifs is 1. The lowest BCUT2D eigenvalue weighted by Crippen LogP contribution is -2.59. The van der Waals surface area contributed by atoms with Gasteiger partial charge < -0.3 is 5.11 Å². The van der Waals surface area contributed by atoms with Crippen molar-refractivity contribution in [2.75, 3.05) is 0 Å². The van der Waals surface area contributed by atoms with Gasteiger partial charge in [-0.2, -0.15) is 0 Å². The molecule has 0 radical (unpaired) electrons. The second kappa shape index (κ2) is 4.08. The molecule has 0 saturated heterocycles. The van der Waals surface area contributed by atoms with Crippen LogP contribution in [0.5, 0.6) is 0 Å². The van der Waals surface area contributed by atoms with Gasteiger partial charge in [0.2, 0.25) is 0 Å². The third-order valence-corrected chi connectivity index (χ3v) is 6.10. The Kier molecular flexibility index (Phi) is 2.38. The summed E-state index contributed by atoms with van der Waals surface area (Å²) in [5, 5.41) is 30.5. The van der Waals surface area contributed by atoms with Crippen LogP contribution in [0.15, 0.2) is 18.2 Å². The van der Waals surface area contributed by atoms with Gasteiger partial charge in [-0.25, -0.2) is 4.68 Å². The van der Waals surface area contributed by atoms with E-state index in [9.17, 15) is 15.2 Å². The van der Waals surface area contributed by atoms with E-state index < -0.39 is 10.5 Å². The molecule has 23 heavy (non-hydrogen) atoms. The van der Waals surface area contributed by atoms with Crippen LogP contribution in [0.25, 0.3) is 11.0 Å². The quantitative estimate of drug-likeness (QED) is 0.678. The zero-order valence-electron chi connectivity index (χ0n) is 12.7. The van der Waals surface area contributed by atoms with Gasteiger partial charge in [0, 0.05) is 12.5 Å². The molecule has 1 aromatic heterocycles. The van der Waals surface area contributed by atoms with Gasteiger partial charge in [-0.3, -0.25) is 10.1 Å². The van der Waals surface area contributed by atoms with E-state index in [1.54, 1.807) is 6.07 Å². The predicted octanol–water partition coefficient (Wildman–Crippen LogP) is 2.38. The molecule has 6 rings (SSSR count). The second-order valence-electron chi connectivity index (χ2n) is 7.81. The van der Waals surface area contributed by atoms with Crippen molar-refractivity contribution in [3.8, 4) is 0 Å². The summed E-state index contributed by atoms with van der Waals surface area (Å²) in [7, 11) is 0. The van der Waals surface area contributed by atoms with E-state index in [0.717, 1.165) is 25.7 Å². The van der Waals surface area contributed by atoms with Crippen molar-refractivity contribution < 1.29 is 10.0 Å². The lowest BCUT2D eigenvalue weighted by molar-refractivity contribution is -0.383. The van der Waals surface area contributed by atoms with Crippen LogP contribution in [0.2, 0.25) is 0 Å². The highest BCUT2D eigenvalue weighted by molar-refractivity contribution is 5.84. The molecule has 2 aromatic rings. The summed E-state index contributed by atoms with van der Waals surface area (Å²) in [6, 6.07) is 5.01. The molecule has 7 nitrogen and oxygen atoms in total. The van der Waals surface area contributed by atoms with Crippen molar-refractivity contribution in [2.24, 2.45) is 11.8 Å². The molecular weight excluding hydrogens is 296 g/mol. The monoisotopic (exact) mass is 314 g/mol. The first-order chi connectivity index (χ1) is 11.0. The van der Waals surface area contributed by atoms with Gasteiger partial charge in [0.15, 0.2) is 5.52 Å². The van der Waals surface area contributed by atoms with Crippen molar-refractivity contribution >= 4 is 16.7 Å². The minimum atomic E-state index is -0.594. The summed E-state index contributed by atoms with van der Waals surface area (Å²) >= 11 is 0. The molecular formula is C16H18N4O3. The lowest BCUT2D eigenvalue weighted by Gasteiger charge is -2.59. The summed E-state index contributed by atoms with van der Waals surface area (Å²) in [6.45, 7) is 0. The number of nitro benzene ring substituents is 1. The molecule has 4 aliphatic rings. The maximum atomic E-state index is 11.2. The van der Waals surface area contributed by atoms with E-state index in [4.69, 9.17) is 0 Å². The third-order valence-electron chi connectivity index (χ3n) is 6.10. The minimum absolute atomic E-state index is 0.00260. The number of non-ortho nitro benzene ring substituents is 1. The van der Waals surface area contributed by atoms with Crippen LogP contribution in [-0.2, 0) is 5.54 Å². The van der Waals surface area contributed by atoms with Crippen LogP contribution in [0.4, 0.5) is 5.69 Å². The number of nitro groups is 1. The van der Waals surface area contributed by atoms with Crippen molar-refractivity contribution in [1.82, 2.24) is 15.0 Å². The zero-order valence-corrected chi connectivity index (χ0v) is 12.7. The summed E-state index contributed by atoms with van der Waals surface area (Å²) in [5.41, 5.74) is 0.230. The Bertz CT molecular complexity index is 816. The van der Waals surface area contributed by atoms with Gasteiger partial charge in [0.25, 0.3) is 5.69 Å². The van der Waals surface area contributed by atoms with Gasteiger partial charge in [0.05, 0.1) is 21.6 Å². The molecule has 4 fully saturated rings. The standard InChI is InChI=1S/C16H18N4O3/c21-16-7-10-4-11(8-16)6-15(5-10,9-16)19-12-2-1-3-13(20(22)23)14(12)17-18-19/h1-3,10-11,21H,4-9H2/t10-,11-,15?,16?/m0/s1. The number of hydrogen-bond donors (Lipinski definition) is 1. The Morgan fingerprint density at radius 3 is 2.65 bits per heavy atom. The van der Waals surface area contributed by atoms with E-state index in [1.807, 2.05) is 10.7 Å². The number of nitrogens with zero attached hydrogens (tertiary/aromatic N) is 4. The van der Waals surface area contributed by atoms with Gasteiger partial charge in [-0.1, -0.05) is 11.3 Å². The molecule has 2 atom stereocenters. The van der Waals surface area contributed by atoms with Crippen LogP contribution in [0.3, 0.4) is 0 Å². The third kappa shape index (κ3) is 1.74. The summed E-state index contributed by atoms with van der Waals surface area (Å²) < 4.78 is 1.89. The summed E-state index contributed by atoms with van der Waals surface area (Å²) in [5.74, 6) is 1.05. The molecule has 1 aromatic carbocycles. The molecule has 4 saturated carbocycles. The van der Waals surface area contributed by atoms with E-state index in [-0.39, 0.29) is 11.2 Å². The first-order valence-electron chi connectivity index (χ1n) is 8.20. The van der Waals surface area contributed by atoms with E-state index in [0.29, 0.717) is 29.3 Å². The van der Waals surface area contributed by atoms with Crippen molar-refractivity contribution in [1.29, 1.82) is 0 Å². The summed E-state index contributed by atoms with van der Waals surface area (Å²) in [6.07, 6.45) is 5.64. The fourth-order valence-electron chi connectivity index (χ4n) is 5.84. The number of aliphatic hydroxyl groups is 1. The number of hydrogen-bond acceptors (Lipinski definition) is 5. The van der Waals surface area contributed by atoms with Gasteiger partial charge in [-0.05, 0) is 50.0 Å². The maximum Gasteiger partial charge on any atom is 0.299 e. The summed E-state index contributed by atoms with van der Waals surface area (Å²) in [4.78, 5) is 10.8. The van der Waals surface area contributed by atoms with E-state index in [1.165, 1.54) is 12.5 Å². The average molecular weight is 314 g/mol. The first-order valence-corrected chi connectivity index (χ1v) is 8.20. The number of rotatable bonds is 2. The fourth-order valence-corrected chi connectivity index (χ4v) is 5.84. The Morgan fingerprint density at radius 2 is 2.00 bits per heavy atom. The Hall–Kier alpha value is -2.02. The molecule has 120 valence electrons. The highest BCUT2D eigenvalue weighted by Gasteiger charge is 2.58. The van der Waals surface area contributed by atoms with Crippen LogP contribution < -0.4 is 0 Å². The second-order valence-corrected chi connectivity index (χ2v) is 7.81. The van der Waals surface area contributed by atoms with Crippen LogP contribution >= 0.6 is 0 Å². The Balaban J connectivity index is 1.69. The van der Waals surface area contributed by atoms with E-state index >= 15 is 0 Å². The largest absolute Gasteiger partial charge is 0.390 e. The molecule has 4 aliphatic carbocycles. The fraction of sp³-hybridized carbons (Fsp3) is 0.625. The number of benzene rings is 1. The lowest BCUT2D eigenvalue weighted by atomic mass is 9.51. The first kappa shape index (κ1) is 13.4. The maximum absolute atomic E-state index is 11.2. The molecule has 0 spiro atoms. The highest BCUT2D eigenvalue weighted by atomic mass is 16.6. The Morgan fingerprint density at radius 1 is 1.26 bits per heavy atom. The van der Waals surface area contributed by atoms with Crippen molar-refractivity contribution in [3.05, 3.63) is 28.3 Å². The van der Waals surface area contributed by atoms with E-state index in [2.05, 4.69) is 10.3 Å². The zero-order chi connectivity index (χ0) is 15.8. The van der Waals surface area contributed by atoms with Gasteiger partial charge >= 0.3 is 0 Å². The van der Waals surface area contributed by atoms with Crippen LogP contribution in [-0.4, -0.2) is 30.6 Å². The molecule has 0 aliphatic heterocycles. The predicted molar refractivity (Wildman–Crippen MR) is 81.8 cm³/mol. The molecule has 0 unspecified atom stereocenters. The van der Waals surface area contributed by atoms with Gasteiger partial charge in [-0.15, -0.1) is 5.10 Å². The molecule has 1 N–H and O–H groups in total. The minimum Gasteiger partial charge on any atom is -0.390 e. The SMILES string of the molecule is O=[N+]([O-])c1cccc2c1nnn2C12C[C@@H]3C[C@H](CC(O)(C3)C1)C2.